The number of rotatable bonds is 32. The number of amides is 1. The summed E-state index contributed by atoms with van der Waals surface area (Å²) in [6, 6.07) is -1.00. The summed E-state index contributed by atoms with van der Waals surface area (Å²) in [5, 5.41) is 43.2. The van der Waals surface area contributed by atoms with E-state index in [4.69, 9.17) is 0 Å². The Morgan fingerprint density at radius 3 is 1.47 bits per heavy atom. The van der Waals surface area contributed by atoms with Crippen LogP contribution in [0, 0.1) is 0 Å². The molecule has 0 fully saturated rings. The highest BCUT2D eigenvalue weighted by molar-refractivity contribution is 5.80. The van der Waals surface area contributed by atoms with Crippen molar-refractivity contribution in [2.75, 3.05) is 6.61 Å². The molecular weight excluding hydrogens is 538 g/mol. The Morgan fingerprint density at radius 1 is 0.558 bits per heavy atom. The van der Waals surface area contributed by atoms with Crippen molar-refractivity contribution in [3.05, 3.63) is 24.3 Å². The quantitative estimate of drug-likeness (QED) is 0.0388. The average Bonchev–Trinajstić information content (AvgIpc) is 3.01. The minimum Gasteiger partial charge on any atom is -0.394 e. The van der Waals surface area contributed by atoms with Gasteiger partial charge in [-0.15, -0.1) is 0 Å². The van der Waals surface area contributed by atoms with Gasteiger partial charge < -0.3 is 25.7 Å². The fourth-order valence-corrected chi connectivity index (χ4v) is 5.42. The minimum atomic E-state index is -1.28. The van der Waals surface area contributed by atoms with Gasteiger partial charge >= 0.3 is 0 Å². The number of allylic oxidation sites excluding steroid dienone is 4. The molecule has 0 aliphatic heterocycles. The van der Waals surface area contributed by atoms with Crippen LogP contribution in [0.4, 0.5) is 0 Å². The maximum absolute atomic E-state index is 12.3. The number of aliphatic hydroxyl groups excluding tert-OH is 4. The smallest absolute Gasteiger partial charge is 0.249 e. The van der Waals surface area contributed by atoms with Gasteiger partial charge in [-0.05, 0) is 51.4 Å². The number of aliphatic hydroxyl groups is 4. The second-order valence-corrected chi connectivity index (χ2v) is 12.6. The van der Waals surface area contributed by atoms with Gasteiger partial charge in [-0.1, -0.05) is 147 Å². The molecule has 6 nitrogen and oxygen atoms in total. The Balaban J connectivity index is 3.86. The first kappa shape index (κ1) is 41.8. The number of unbranched alkanes of at least 4 members (excludes halogenated alkanes) is 19. The highest BCUT2D eigenvalue weighted by Gasteiger charge is 2.28. The molecule has 5 N–H and O–H groups in total. The van der Waals surface area contributed by atoms with Gasteiger partial charge in [-0.2, -0.15) is 0 Å². The fraction of sp³-hybridized carbons (Fsp3) is 0.865. The molecule has 0 aromatic heterocycles. The average molecular weight is 610 g/mol. The summed E-state index contributed by atoms with van der Waals surface area (Å²) < 4.78 is 0. The lowest BCUT2D eigenvalue weighted by Crippen LogP contribution is -2.53. The fourth-order valence-electron chi connectivity index (χ4n) is 5.42. The van der Waals surface area contributed by atoms with Crippen molar-refractivity contribution in [2.45, 2.75) is 199 Å². The van der Waals surface area contributed by atoms with E-state index < -0.39 is 36.9 Å². The van der Waals surface area contributed by atoms with Gasteiger partial charge in [0.15, 0.2) is 0 Å². The summed E-state index contributed by atoms with van der Waals surface area (Å²) in [6.45, 7) is 3.97. The number of nitrogens with one attached hydrogen (secondary N) is 1. The van der Waals surface area contributed by atoms with E-state index in [2.05, 4.69) is 43.5 Å². The second kappa shape index (κ2) is 32.2. The molecule has 0 saturated carbocycles. The number of hydrogen-bond acceptors (Lipinski definition) is 5. The molecule has 0 aliphatic rings. The van der Waals surface area contributed by atoms with Gasteiger partial charge in [-0.3, -0.25) is 4.79 Å². The van der Waals surface area contributed by atoms with Crippen molar-refractivity contribution >= 4 is 5.91 Å². The summed E-state index contributed by atoms with van der Waals surface area (Å²) >= 11 is 0. The lowest BCUT2D eigenvalue weighted by molar-refractivity contribution is -0.132. The van der Waals surface area contributed by atoms with Crippen LogP contribution in [0.15, 0.2) is 24.3 Å². The molecule has 0 saturated heterocycles. The Morgan fingerprint density at radius 2 is 0.977 bits per heavy atom. The lowest BCUT2D eigenvalue weighted by Gasteiger charge is -2.27. The maximum Gasteiger partial charge on any atom is 0.249 e. The zero-order valence-electron chi connectivity index (χ0n) is 28.2. The van der Waals surface area contributed by atoms with E-state index in [9.17, 15) is 25.2 Å². The molecule has 4 atom stereocenters. The van der Waals surface area contributed by atoms with E-state index >= 15 is 0 Å². The molecular formula is C37H71NO5. The summed E-state index contributed by atoms with van der Waals surface area (Å²) in [6.07, 6.45) is 33.6. The third-order valence-corrected chi connectivity index (χ3v) is 8.39. The van der Waals surface area contributed by atoms with Crippen LogP contribution in [-0.4, -0.2) is 57.3 Å². The predicted octanol–water partition coefficient (Wildman–Crippen LogP) is 8.45. The van der Waals surface area contributed by atoms with Gasteiger partial charge in [0.05, 0.1) is 18.8 Å². The monoisotopic (exact) mass is 610 g/mol. The van der Waals surface area contributed by atoms with Crippen molar-refractivity contribution in [1.82, 2.24) is 5.32 Å². The molecule has 0 radical (unpaired) electrons. The summed E-state index contributed by atoms with van der Waals surface area (Å²) in [4.78, 5) is 12.3. The molecule has 4 unspecified atom stereocenters. The van der Waals surface area contributed by atoms with Crippen LogP contribution in [0.25, 0.3) is 0 Å². The van der Waals surface area contributed by atoms with E-state index in [-0.39, 0.29) is 0 Å². The number of hydrogen-bond donors (Lipinski definition) is 5. The zero-order chi connectivity index (χ0) is 31.8. The predicted molar refractivity (Wildman–Crippen MR) is 182 cm³/mol. The number of carbonyl (C=O) groups excluding carboxylic acids is 1. The van der Waals surface area contributed by atoms with Crippen LogP contribution in [0.5, 0.6) is 0 Å². The first-order valence-electron chi connectivity index (χ1n) is 18.2. The summed E-state index contributed by atoms with van der Waals surface area (Å²) in [5.41, 5.74) is 0. The first-order chi connectivity index (χ1) is 21.0. The molecule has 0 bridgehead atoms. The highest BCUT2D eigenvalue weighted by Crippen LogP contribution is 2.14. The van der Waals surface area contributed by atoms with Gasteiger partial charge in [0.2, 0.25) is 5.91 Å². The van der Waals surface area contributed by atoms with Gasteiger partial charge in [0.25, 0.3) is 0 Å². The van der Waals surface area contributed by atoms with E-state index in [1.807, 2.05) is 0 Å². The van der Waals surface area contributed by atoms with Gasteiger partial charge in [0.1, 0.15) is 12.2 Å². The van der Waals surface area contributed by atoms with Crippen LogP contribution in [-0.2, 0) is 4.79 Å². The van der Waals surface area contributed by atoms with Crippen molar-refractivity contribution in [3.8, 4) is 0 Å². The molecule has 254 valence electrons. The number of carbonyl (C=O) groups is 1. The molecule has 43 heavy (non-hydrogen) atoms. The molecule has 1 amide bonds. The zero-order valence-corrected chi connectivity index (χ0v) is 28.2. The largest absolute Gasteiger partial charge is 0.394 e. The van der Waals surface area contributed by atoms with Crippen LogP contribution < -0.4 is 5.32 Å². The standard InChI is InChI=1S/C37H71NO5/c1-3-5-7-9-11-13-14-15-16-17-18-19-20-21-22-23-25-26-28-30-34(40)36(42)33(32-39)38-37(43)35(41)31-29-27-24-12-10-8-6-4-2/h19-20,23,25,33-36,39-42H,3-18,21-22,24,26-32H2,1-2H3,(H,38,43)/b20-19+,25-23+. The SMILES string of the molecule is CCCCCCCCCCCC/C=C/CC/C=C/CCCC(O)C(O)C(CO)NC(=O)C(O)CCCCCCCCCC. The molecule has 0 heterocycles. The molecule has 0 rings (SSSR count). The van der Waals surface area contributed by atoms with Crippen LogP contribution in [0.1, 0.15) is 174 Å². The topological polar surface area (TPSA) is 110 Å². The summed E-state index contributed by atoms with van der Waals surface area (Å²) in [5.74, 6) is -0.603. The Hall–Kier alpha value is -1.21. The molecule has 0 aliphatic carbocycles. The Labute approximate surface area is 265 Å². The maximum atomic E-state index is 12.3. The van der Waals surface area contributed by atoms with Gasteiger partial charge in [0, 0.05) is 0 Å². The molecule has 0 spiro atoms. The van der Waals surface area contributed by atoms with Crippen molar-refractivity contribution in [1.29, 1.82) is 0 Å². The third kappa shape index (κ3) is 26.9. The molecule has 6 heteroatoms. The Kier molecular flexibility index (Phi) is 31.3. The van der Waals surface area contributed by atoms with Crippen LogP contribution >= 0.6 is 0 Å². The van der Waals surface area contributed by atoms with E-state index in [0.29, 0.717) is 19.3 Å². The lowest BCUT2D eigenvalue weighted by atomic mass is 10.00. The second-order valence-electron chi connectivity index (χ2n) is 12.6. The first-order valence-corrected chi connectivity index (χ1v) is 18.2. The molecule has 0 aromatic rings. The van der Waals surface area contributed by atoms with Gasteiger partial charge in [-0.25, -0.2) is 0 Å². The van der Waals surface area contributed by atoms with E-state index in [1.165, 1.54) is 103 Å². The Bertz CT molecular complexity index is 653. The van der Waals surface area contributed by atoms with Crippen molar-refractivity contribution in [3.63, 3.8) is 0 Å². The normalized spacial score (nSPS) is 14.8. The van der Waals surface area contributed by atoms with Crippen LogP contribution in [0.2, 0.25) is 0 Å². The molecule has 0 aromatic carbocycles. The third-order valence-electron chi connectivity index (χ3n) is 8.39. The minimum absolute atomic E-state index is 0.360. The van der Waals surface area contributed by atoms with E-state index in [1.54, 1.807) is 0 Å². The van der Waals surface area contributed by atoms with E-state index in [0.717, 1.165) is 38.5 Å². The highest BCUT2D eigenvalue weighted by atomic mass is 16.3. The van der Waals surface area contributed by atoms with Crippen molar-refractivity contribution < 1.29 is 25.2 Å². The van der Waals surface area contributed by atoms with Crippen molar-refractivity contribution in [2.24, 2.45) is 0 Å². The summed E-state index contributed by atoms with van der Waals surface area (Å²) in [7, 11) is 0. The van der Waals surface area contributed by atoms with Crippen LogP contribution in [0.3, 0.4) is 0 Å².